The second kappa shape index (κ2) is 5.72. The Hall–Kier alpha value is -2.06. The first-order valence-corrected chi connectivity index (χ1v) is 5.33. The molecule has 0 atom stereocenters. The van der Waals surface area contributed by atoms with Gasteiger partial charge in [-0.1, -0.05) is 0 Å². The molecule has 0 spiro atoms. The quantitative estimate of drug-likeness (QED) is 0.785. The van der Waals surface area contributed by atoms with Crippen molar-refractivity contribution in [1.82, 2.24) is 9.97 Å². The average Bonchev–Trinajstić information content (AvgIpc) is 2.21. The number of esters is 1. The van der Waals surface area contributed by atoms with Crippen LogP contribution in [0.25, 0.3) is 0 Å². The molecule has 0 saturated carbocycles. The number of nitrogens with one attached hydrogen (secondary N) is 1. The molecule has 0 aromatic carbocycles. The number of ether oxygens (including phenoxy) is 1. The van der Waals surface area contributed by atoms with E-state index < -0.39 is 42.2 Å². The van der Waals surface area contributed by atoms with Crippen molar-refractivity contribution >= 4 is 11.8 Å². The van der Waals surface area contributed by atoms with E-state index in [1.165, 1.54) is 0 Å². The molecule has 0 aliphatic rings. The maximum absolute atomic E-state index is 12.1. The fraction of sp³-hybridized carbons (Fsp3) is 0.500. The van der Waals surface area contributed by atoms with Crippen molar-refractivity contribution in [1.29, 1.82) is 0 Å². The highest BCUT2D eigenvalue weighted by Crippen LogP contribution is 2.19. The van der Waals surface area contributed by atoms with E-state index in [4.69, 9.17) is 5.73 Å². The molecule has 1 heterocycles. The van der Waals surface area contributed by atoms with Crippen molar-refractivity contribution in [2.24, 2.45) is 0 Å². The largest absolute Gasteiger partial charge is 0.466 e. The third-order valence-corrected chi connectivity index (χ3v) is 2.09. The summed E-state index contributed by atoms with van der Waals surface area (Å²) in [5.41, 5.74) is 4.30. The minimum absolute atomic E-state index is 0.121. The molecule has 1 aromatic heterocycles. The Balaban J connectivity index is 2.98. The minimum atomic E-state index is -4.51. The highest BCUT2D eigenvalue weighted by molar-refractivity contribution is 5.74. The Morgan fingerprint density at radius 1 is 1.47 bits per heavy atom. The van der Waals surface area contributed by atoms with Gasteiger partial charge in [0, 0.05) is 0 Å². The molecule has 1 aromatic rings. The fourth-order valence-corrected chi connectivity index (χ4v) is 1.36. The minimum Gasteiger partial charge on any atom is -0.466 e. The number of alkyl halides is 3. The number of hydrogen-bond acceptors (Lipinski definition) is 5. The highest BCUT2D eigenvalue weighted by Gasteiger charge is 2.29. The van der Waals surface area contributed by atoms with Crippen molar-refractivity contribution in [3.63, 3.8) is 0 Å². The number of halogens is 3. The monoisotopic (exact) mass is 279 g/mol. The molecule has 1 rings (SSSR count). The standard InChI is InChI=1S/C10H12F3N3O3/c1-2-19-7(17)3-5-8(14)15-6(16-9(5)18)4-10(11,12)13/h2-4H2,1H3,(H3,14,15,16,18). The summed E-state index contributed by atoms with van der Waals surface area (Å²) in [6.45, 7) is 1.70. The fourth-order valence-electron chi connectivity index (χ4n) is 1.36. The van der Waals surface area contributed by atoms with Gasteiger partial charge in [-0.2, -0.15) is 13.2 Å². The third-order valence-electron chi connectivity index (χ3n) is 2.09. The molecular weight excluding hydrogens is 267 g/mol. The summed E-state index contributed by atoms with van der Waals surface area (Å²) in [4.78, 5) is 28.1. The SMILES string of the molecule is CCOC(=O)Cc1c(N)nc(CC(F)(F)F)[nH]c1=O. The Kier molecular flexibility index (Phi) is 4.52. The molecule has 0 saturated heterocycles. The van der Waals surface area contributed by atoms with Gasteiger partial charge in [-0.3, -0.25) is 9.59 Å². The number of carbonyl (C=O) groups excluding carboxylic acids is 1. The van der Waals surface area contributed by atoms with Gasteiger partial charge in [0.15, 0.2) is 0 Å². The van der Waals surface area contributed by atoms with E-state index in [0.29, 0.717) is 0 Å². The molecule has 0 unspecified atom stereocenters. The number of rotatable bonds is 4. The molecule has 0 fully saturated rings. The van der Waals surface area contributed by atoms with Gasteiger partial charge >= 0.3 is 12.1 Å². The topological polar surface area (TPSA) is 98.1 Å². The van der Waals surface area contributed by atoms with Crippen LogP contribution in [0.4, 0.5) is 19.0 Å². The number of aromatic nitrogens is 2. The van der Waals surface area contributed by atoms with Crippen LogP contribution in [-0.2, 0) is 22.4 Å². The molecule has 0 aliphatic heterocycles. The molecule has 0 aliphatic carbocycles. The predicted octanol–water partition coefficient (Wildman–Crippen LogP) is 0.562. The smallest absolute Gasteiger partial charge is 0.396 e. The van der Waals surface area contributed by atoms with Crippen molar-refractivity contribution in [2.45, 2.75) is 25.9 Å². The van der Waals surface area contributed by atoms with Crippen LogP contribution in [0.15, 0.2) is 4.79 Å². The van der Waals surface area contributed by atoms with Gasteiger partial charge < -0.3 is 15.5 Å². The van der Waals surface area contributed by atoms with E-state index in [2.05, 4.69) is 9.72 Å². The number of anilines is 1. The average molecular weight is 279 g/mol. The van der Waals surface area contributed by atoms with Crippen LogP contribution in [0.2, 0.25) is 0 Å². The number of hydrogen-bond donors (Lipinski definition) is 2. The van der Waals surface area contributed by atoms with Crippen LogP contribution in [0.1, 0.15) is 18.3 Å². The number of nitrogens with two attached hydrogens (primary N) is 1. The molecule has 19 heavy (non-hydrogen) atoms. The van der Waals surface area contributed by atoms with Gasteiger partial charge in [-0.25, -0.2) is 4.98 Å². The maximum Gasteiger partial charge on any atom is 0.396 e. The van der Waals surface area contributed by atoms with E-state index in [1.807, 2.05) is 4.98 Å². The van der Waals surface area contributed by atoms with E-state index in [9.17, 15) is 22.8 Å². The van der Waals surface area contributed by atoms with Gasteiger partial charge in [-0.05, 0) is 6.92 Å². The zero-order valence-electron chi connectivity index (χ0n) is 10.0. The lowest BCUT2D eigenvalue weighted by molar-refractivity contribution is -0.142. The van der Waals surface area contributed by atoms with E-state index in [1.54, 1.807) is 6.92 Å². The molecule has 6 nitrogen and oxygen atoms in total. The number of aromatic amines is 1. The zero-order valence-corrected chi connectivity index (χ0v) is 10.0. The first-order chi connectivity index (χ1) is 8.73. The Morgan fingerprint density at radius 3 is 2.58 bits per heavy atom. The Bertz CT molecular complexity index is 525. The molecule has 106 valence electrons. The first kappa shape index (κ1) is 15.0. The molecule has 0 amide bonds. The predicted molar refractivity (Wildman–Crippen MR) is 59.4 cm³/mol. The summed E-state index contributed by atoms with van der Waals surface area (Å²) < 4.78 is 41.0. The van der Waals surface area contributed by atoms with Crippen LogP contribution in [0.5, 0.6) is 0 Å². The lowest BCUT2D eigenvalue weighted by Gasteiger charge is -2.08. The van der Waals surface area contributed by atoms with Gasteiger partial charge in [0.05, 0.1) is 18.6 Å². The summed E-state index contributed by atoms with van der Waals surface area (Å²) >= 11 is 0. The summed E-state index contributed by atoms with van der Waals surface area (Å²) in [5.74, 6) is -1.70. The third kappa shape index (κ3) is 4.60. The van der Waals surface area contributed by atoms with Crippen LogP contribution < -0.4 is 11.3 Å². The van der Waals surface area contributed by atoms with Crippen molar-refractivity contribution < 1.29 is 22.7 Å². The Labute approximate surface area is 105 Å². The zero-order chi connectivity index (χ0) is 14.6. The number of nitrogens with zero attached hydrogens (tertiary/aromatic N) is 1. The molecular formula is C10H12F3N3O3. The van der Waals surface area contributed by atoms with E-state index >= 15 is 0 Å². The van der Waals surface area contributed by atoms with Gasteiger partial charge in [0.1, 0.15) is 18.1 Å². The lowest BCUT2D eigenvalue weighted by Crippen LogP contribution is -2.25. The van der Waals surface area contributed by atoms with Crippen molar-refractivity contribution in [3.05, 3.63) is 21.7 Å². The van der Waals surface area contributed by atoms with E-state index in [0.717, 1.165) is 0 Å². The molecule has 3 N–H and O–H groups in total. The molecule has 9 heteroatoms. The second-order valence-electron chi connectivity index (χ2n) is 3.65. The lowest BCUT2D eigenvalue weighted by atomic mass is 10.2. The van der Waals surface area contributed by atoms with Crippen LogP contribution in [-0.4, -0.2) is 28.7 Å². The van der Waals surface area contributed by atoms with Crippen LogP contribution in [0, 0.1) is 0 Å². The van der Waals surface area contributed by atoms with Crippen molar-refractivity contribution in [2.75, 3.05) is 12.3 Å². The number of nitrogen functional groups attached to an aromatic ring is 1. The van der Waals surface area contributed by atoms with Crippen molar-refractivity contribution in [3.8, 4) is 0 Å². The number of carbonyl (C=O) groups is 1. The molecule has 0 radical (unpaired) electrons. The Morgan fingerprint density at radius 2 is 2.11 bits per heavy atom. The van der Waals surface area contributed by atoms with Crippen LogP contribution >= 0.6 is 0 Å². The first-order valence-electron chi connectivity index (χ1n) is 5.33. The number of H-pyrrole nitrogens is 1. The van der Waals surface area contributed by atoms with Gasteiger partial charge in [0.25, 0.3) is 5.56 Å². The summed E-state index contributed by atoms with van der Waals surface area (Å²) in [6, 6.07) is 0. The normalized spacial score (nSPS) is 11.4. The van der Waals surface area contributed by atoms with Gasteiger partial charge in [-0.15, -0.1) is 0 Å². The maximum atomic E-state index is 12.1. The summed E-state index contributed by atoms with van der Waals surface area (Å²) in [7, 11) is 0. The van der Waals surface area contributed by atoms with Gasteiger partial charge in [0.2, 0.25) is 0 Å². The van der Waals surface area contributed by atoms with E-state index in [-0.39, 0.29) is 12.2 Å². The van der Waals surface area contributed by atoms with Crippen LogP contribution in [0.3, 0.4) is 0 Å². The highest BCUT2D eigenvalue weighted by atomic mass is 19.4. The second-order valence-corrected chi connectivity index (χ2v) is 3.65. The summed E-state index contributed by atoms with van der Waals surface area (Å²) in [6.07, 6.45) is -6.34. The molecule has 0 bridgehead atoms. The summed E-state index contributed by atoms with van der Waals surface area (Å²) in [5, 5.41) is 0.